The molecule has 0 saturated heterocycles. The number of hydrogen-bond acceptors (Lipinski definition) is 3. The summed E-state index contributed by atoms with van der Waals surface area (Å²) < 4.78 is 36.2. The quantitative estimate of drug-likeness (QED) is 0.762. The first-order chi connectivity index (χ1) is 10.5. The second-order valence-corrected chi connectivity index (χ2v) is 4.74. The summed E-state index contributed by atoms with van der Waals surface area (Å²) in [6, 6.07) is 8.55. The van der Waals surface area contributed by atoms with Gasteiger partial charge in [0.2, 0.25) is 0 Å². The fourth-order valence-corrected chi connectivity index (χ4v) is 2.11. The van der Waals surface area contributed by atoms with Crippen LogP contribution in [0.5, 0.6) is 11.5 Å². The molecule has 0 spiro atoms. The Morgan fingerprint density at radius 2 is 1.68 bits per heavy atom. The maximum Gasteiger partial charge on any atom is 0.163 e. The van der Waals surface area contributed by atoms with Crippen LogP contribution in [0.25, 0.3) is 0 Å². The van der Waals surface area contributed by atoms with Gasteiger partial charge in [0.15, 0.2) is 28.9 Å². The van der Waals surface area contributed by atoms with Crippen molar-refractivity contribution in [2.24, 2.45) is 0 Å². The Bertz CT molecular complexity index is 684. The van der Waals surface area contributed by atoms with E-state index in [1.807, 2.05) is 0 Å². The summed E-state index contributed by atoms with van der Waals surface area (Å²) in [5, 5.41) is 0. The van der Waals surface area contributed by atoms with Gasteiger partial charge in [-0.3, -0.25) is 4.79 Å². The van der Waals surface area contributed by atoms with Crippen molar-refractivity contribution in [1.82, 2.24) is 0 Å². The fraction of sp³-hybridized carbons (Fsp3) is 0.235. The highest BCUT2D eigenvalue weighted by Gasteiger charge is 2.11. The Morgan fingerprint density at radius 3 is 2.32 bits per heavy atom. The third kappa shape index (κ3) is 3.61. The van der Waals surface area contributed by atoms with Crippen molar-refractivity contribution < 1.29 is 23.0 Å². The minimum Gasteiger partial charge on any atom is -0.493 e. The predicted octanol–water partition coefficient (Wildman–Crippen LogP) is 3.80. The largest absolute Gasteiger partial charge is 0.493 e. The van der Waals surface area contributed by atoms with Gasteiger partial charge in [-0.1, -0.05) is 6.07 Å². The van der Waals surface area contributed by atoms with Crippen molar-refractivity contribution in [2.45, 2.75) is 12.8 Å². The van der Waals surface area contributed by atoms with Gasteiger partial charge in [0, 0.05) is 12.0 Å². The summed E-state index contributed by atoms with van der Waals surface area (Å²) in [7, 11) is 3.01. The van der Waals surface area contributed by atoms with E-state index in [1.54, 1.807) is 18.2 Å². The molecule has 2 rings (SSSR count). The molecule has 0 aliphatic rings. The van der Waals surface area contributed by atoms with Crippen molar-refractivity contribution in [1.29, 1.82) is 0 Å². The molecule has 0 atom stereocenters. The van der Waals surface area contributed by atoms with E-state index in [-0.39, 0.29) is 12.2 Å². The van der Waals surface area contributed by atoms with Crippen molar-refractivity contribution >= 4 is 5.78 Å². The van der Waals surface area contributed by atoms with Gasteiger partial charge in [0.1, 0.15) is 0 Å². The lowest BCUT2D eigenvalue weighted by Crippen LogP contribution is -2.03. The van der Waals surface area contributed by atoms with Crippen LogP contribution in [0.1, 0.15) is 22.3 Å². The van der Waals surface area contributed by atoms with E-state index in [1.165, 1.54) is 20.3 Å². The molecule has 0 fully saturated rings. The SMILES string of the molecule is COc1ccc(C(=O)CCc2ccc(F)c(F)c2)cc1OC. The maximum absolute atomic E-state index is 13.1. The van der Waals surface area contributed by atoms with Gasteiger partial charge in [0.05, 0.1) is 14.2 Å². The van der Waals surface area contributed by atoms with Crippen LogP contribution in [0.3, 0.4) is 0 Å². The number of carbonyl (C=O) groups excluding carboxylic acids is 1. The van der Waals surface area contributed by atoms with Crippen LogP contribution in [0.4, 0.5) is 8.78 Å². The van der Waals surface area contributed by atoms with Gasteiger partial charge >= 0.3 is 0 Å². The van der Waals surface area contributed by atoms with E-state index in [0.29, 0.717) is 29.0 Å². The van der Waals surface area contributed by atoms with Gasteiger partial charge in [-0.05, 0) is 42.3 Å². The number of hydrogen-bond donors (Lipinski definition) is 0. The molecule has 0 heterocycles. The van der Waals surface area contributed by atoms with Crippen molar-refractivity contribution in [2.75, 3.05) is 14.2 Å². The molecule has 5 heteroatoms. The van der Waals surface area contributed by atoms with E-state index >= 15 is 0 Å². The fourth-order valence-electron chi connectivity index (χ4n) is 2.11. The molecule has 2 aromatic rings. The Kier molecular flexibility index (Phi) is 5.09. The molecule has 0 unspecified atom stereocenters. The normalized spacial score (nSPS) is 10.4. The number of methoxy groups -OCH3 is 2. The van der Waals surface area contributed by atoms with Crippen LogP contribution in [-0.2, 0) is 6.42 Å². The smallest absolute Gasteiger partial charge is 0.163 e. The number of ketones is 1. The average Bonchev–Trinajstić information content (AvgIpc) is 2.54. The highest BCUT2D eigenvalue weighted by molar-refractivity contribution is 5.96. The number of carbonyl (C=O) groups is 1. The summed E-state index contributed by atoms with van der Waals surface area (Å²) in [6.07, 6.45) is 0.533. The van der Waals surface area contributed by atoms with Crippen LogP contribution < -0.4 is 9.47 Å². The van der Waals surface area contributed by atoms with Gasteiger partial charge in [-0.15, -0.1) is 0 Å². The van der Waals surface area contributed by atoms with E-state index in [2.05, 4.69) is 0 Å². The molecule has 116 valence electrons. The Labute approximate surface area is 127 Å². The first kappa shape index (κ1) is 15.9. The zero-order valence-electron chi connectivity index (χ0n) is 12.4. The average molecular weight is 306 g/mol. The summed E-state index contributed by atoms with van der Waals surface area (Å²) in [5.74, 6) is -0.891. The van der Waals surface area contributed by atoms with E-state index in [0.717, 1.165) is 12.1 Å². The van der Waals surface area contributed by atoms with Crippen molar-refractivity contribution in [3.05, 3.63) is 59.2 Å². The maximum atomic E-state index is 13.1. The molecule has 0 aromatic heterocycles. The van der Waals surface area contributed by atoms with E-state index in [9.17, 15) is 13.6 Å². The predicted molar refractivity (Wildman–Crippen MR) is 78.6 cm³/mol. The number of ether oxygens (including phenoxy) is 2. The zero-order chi connectivity index (χ0) is 16.1. The van der Waals surface area contributed by atoms with Crippen molar-refractivity contribution in [3.63, 3.8) is 0 Å². The molecule has 3 nitrogen and oxygen atoms in total. The number of rotatable bonds is 6. The van der Waals surface area contributed by atoms with Gasteiger partial charge in [-0.2, -0.15) is 0 Å². The second kappa shape index (κ2) is 7.02. The number of aryl methyl sites for hydroxylation is 1. The molecular formula is C17H16F2O3. The Hall–Kier alpha value is -2.43. The van der Waals surface area contributed by atoms with Crippen molar-refractivity contribution in [3.8, 4) is 11.5 Å². The monoisotopic (exact) mass is 306 g/mol. The third-order valence-corrected chi connectivity index (χ3v) is 3.33. The summed E-state index contributed by atoms with van der Waals surface area (Å²) in [5.41, 5.74) is 1.06. The number of Topliss-reactive ketones (excluding diaryl/α,β-unsaturated/α-hetero) is 1. The highest BCUT2D eigenvalue weighted by atomic mass is 19.2. The molecule has 2 aromatic carbocycles. The third-order valence-electron chi connectivity index (χ3n) is 3.33. The molecule has 0 radical (unpaired) electrons. The summed E-state index contributed by atoms with van der Waals surface area (Å²) in [4.78, 5) is 12.2. The molecule has 0 N–H and O–H groups in total. The van der Waals surface area contributed by atoms with Gasteiger partial charge in [-0.25, -0.2) is 8.78 Å². The zero-order valence-corrected chi connectivity index (χ0v) is 12.4. The molecule has 0 bridgehead atoms. The molecule has 22 heavy (non-hydrogen) atoms. The van der Waals surface area contributed by atoms with E-state index < -0.39 is 11.6 Å². The lowest BCUT2D eigenvalue weighted by molar-refractivity contribution is 0.0982. The molecule has 0 aliphatic carbocycles. The summed E-state index contributed by atoms with van der Waals surface area (Å²) >= 11 is 0. The molecule has 0 amide bonds. The first-order valence-corrected chi connectivity index (χ1v) is 6.74. The van der Waals surface area contributed by atoms with Gasteiger partial charge < -0.3 is 9.47 Å². The van der Waals surface area contributed by atoms with Crippen LogP contribution in [-0.4, -0.2) is 20.0 Å². The Morgan fingerprint density at radius 1 is 0.955 bits per heavy atom. The minimum atomic E-state index is -0.906. The number of halogens is 2. The highest BCUT2D eigenvalue weighted by Crippen LogP contribution is 2.28. The standard InChI is InChI=1S/C17H16F2O3/c1-21-16-8-5-12(10-17(16)22-2)15(20)7-4-11-3-6-13(18)14(19)9-11/h3,5-6,8-10H,4,7H2,1-2H3. The summed E-state index contributed by atoms with van der Waals surface area (Å²) in [6.45, 7) is 0. The lowest BCUT2D eigenvalue weighted by Gasteiger charge is -2.09. The van der Waals surface area contributed by atoms with E-state index in [4.69, 9.17) is 9.47 Å². The topological polar surface area (TPSA) is 35.5 Å². The van der Waals surface area contributed by atoms with Crippen LogP contribution in [0.2, 0.25) is 0 Å². The van der Waals surface area contributed by atoms with Crippen LogP contribution in [0.15, 0.2) is 36.4 Å². The molecule has 0 aliphatic heterocycles. The minimum absolute atomic E-state index is 0.106. The second-order valence-electron chi connectivity index (χ2n) is 4.74. The van der Waals surface area contributed by atoms with Crippen LogP contribution in [0, 0.1) is 11.6 Å². The van der Waals surface area contributed by atoms with Crippen LogP contribution >= 0.6 is 0 Å². The van der Waals surface area contributed by atoms with Gasteiger partial charge in [0.25, 0.3) is 0 Å². The Balaban J connectivity index is 2.07. The molecular weight excluding hydrogens is 290 g/mol. The number of benzene rings is 2. The first-order valence-electron chi connectivity index (χ1n) is 6.74. The molecule has 0 saturated carbocycles. The lowest BCUT2D eigenvalue weighted by atomic mass is 10.0.